The molecule has 1 atom stereocenters. The van der Waals surface area contributed by atoms with E-state index in [0.29, 0.717) is 31.4 Å². The van der Waals surface area contributed by atoms with Crippen LogP contribution in [0.25, 0.3) is 0 Å². The van der Waals surface area contributed by atoms with Crippen LogP contribution in [0.5, 0.6) is 0 Å². The molecule has 1 aromatic rings. The van der Waals surface area contributed by atoms with Gasteiger partial charge in [0, 0.05) is 20.2 Å². The van der Waals surface area contributed by atoms with Crippen LogP contribution in [-0.2, 0) is 16.1 Å². The van der Waals surface area contributed by atoms with Crippen LogP contribution in [0.3, 0.4) is 0 Å². The molecule has 1 saturated heterocycles. The molecule has 2 heterocycles. The number of methoxy groups -OCH3 is 2. The zero-order chi connectivity index (χ0) is 13.0. The van der Waals surface area contributed by atoms with Crippen LogP contribution in [0.2, 0.25) is 0 Å². The number of piperidine rings is 1. The van der Waals surface area contributed by atoms with E-state index in [0.717, 1.165) is 12.8 Å². The number of hydrogen-bond donors (Lipinski definition) is 0. The van der Waals surface area contributed by atoms with Crippen molar-refractivity contribution in [3.05, 3.63) is 11.7 Å². The summed E-state index contributed by atoms with van der Waals surface area (Å²) in [6, 6.07) is 0. The lowest BCUT2D eigenvalue weighted by Crippen LogP contribution is -2.39. The second kappa shape index (κ2) is 5.81. The summed E-state index contributed by atoms with van der Waals surface area (Å²) in [5.41, 5.74) is 0. The molecule has 0 bridgehead atoms. The molecule has 1 fully saturated rings. The number of amides is 1. The summed E-state index contributed by atoms with van der Waals surface area (Å²) in [7, 11) is 2.96. The molecule has 1 aromatic heterocycles. The maximum atomic E-state index is 11.5. The minimum absolute atomic E-state index is 0.0796. The van der Waals surface area contributed by atoms with Crippen molar-refractivity contribution in [1.29, 1.82) is 0 Å². The van der Waals surface area contributed by atoms with Gasteiger partial charge in [-0.2, -0.15) is 4.98 Å². The Kier molecular flexibility index (Phi) is 4.14. The van der Waals surface area contributed by atoms with Crippen molar-refractivity contribution in [2.24, 2.45) is 0 Å². The van der Waals surface area contributed by atoms with Gasteiger partial charge in [0.2, 0.25) is 5.89 Å². The number of nitrogens with zero attached hydrogens (tertiary/aromatic N) is 3. The highest BCUT2D eigenvalue weighted by atomic mass is 16.5. The minimum atomic E-state index is -0.309. The Bertz CT molecular complexity index is 407. The molecular formula is C11H17N3O4. The summed E-state index contributed by atoms with van der Waals surface area (Å²) in [5, 5.41) is 3.83. The predicted octanol–water partition coefficient (Wildman–Crippen LogP) is 1.16. The second-order valence-electron chi connectivity index (χ2n) is 4.24. The Morgan fingerprint density at radius 3 is 3.11 bits per heavy atom. The van der Waals surface area contributed by atoms with Crippen LogP contribution in [0.1, 0.15) is 30.5 Å². The standard InChI is InChI=1S/C11H17N3O4/c1-16-7-9-12-10(18-13-9)8-4-3-5-14(6-8)11(15)17-2/h8H,3-7H2,1-2H3. The summed E-state index contributed by atoms with van der Waals surface area (Å²) in [6.07, 6.45) is 1.53. The lowest BCUT2D eigenvalue weighted by Gasteiger charge is -2.29. The number of rotatable bonds is 3. The second-order valence-corrected chi connectivity index (χ2v) is 4.24. The smallest absolute Gasteiger partial charge is 0.409 e. The molecule has 1 amide bonds. The quantitative estimate of drug-likeness (QED) is 0.806. The van der Waals surface area contributed by atoms with Crippen molar-refractivity contribution in [2.75, 3.05) is 27.3 Å². The van der Waals surface area contributed by atoms with E-state index in [-0.39, 0.29) is 12.0 Å². The van der Waals surface area contributed by atoms with Gasteiger partial charge in [-0.25, -0.2) is 4.79 Å². The summed E-state index contributed by atoms with van der Waals surface area (Å²) in [6.45, 7) is 1.60. The Hall–Kier alpha value is -1.63. The van der Waals surface area contributed by atoms with Gasteiger partial charge in [0.15, 0.2) is 5.82 Å². The van der Waals surface area contributed by atoms with E-state index in [4.69, 9.17) is 14.0 Å². The van der Waals surface area contributed by atoms with Crippen molar-refractivity contribution < 1.29 is 18.8 Å². The third-order valence-corrected chi connectivity index (χ3v) is 2.96. The van der Waals surface area contributed by atoms with Gasteiger partial charge in [-0.05, 0) is 12.8 Å². The molecule has 0 saturated carbocycles. The first-order valence-electron chi connectivity index (χ1n) is 5.89. The number of hydrogen-bond acceptors (Lipinski definition) is 6. The maximum Gasteiger partial charge on any atom is 0.409 e. The maximum absolute atomic E-state index is 11.5. The van der Waals surface area contributed by atoms with E-state index in [1.807, 2.05) is 0 Å². The number of ether oxygens (including phenoxy) is 2. The fourth-order valence-electron chi connectivity index (χ4n) is 2.09. The molecule has 18 heavy (non-hydrogen) atoms. The van der Waals surface area contributed by atoms with E-state index in [9.17, 15) is 4.79 Å². The van der Waals surface area contributed by atoms with Crippen molar-refractivity contribution in [1.82, 2.24) is 15.0 Å². The van der Waals surface area contributed by atoms with E-state index >= 15 is 0 Å². The highest BCUT2D eigenvalue weighted by Gasteiger charge is 2.28. The molecule has 1 aliphatic rings. The SMILES string of the molecule is COCc1noc(C2CCCN(C(=O)OC)C2)n1. The molecule has 1 unspecified atom stereocenters. The van der Waals surface area contributed by atoms with Crippen molar-refractivity contribution in [3.63, 3.8) is 0 Å². The molecule has 7 heteroatoms. The van der Waals surface area contributed by atoms with Crippen LogP contribution in [0.15, 0.2) is 4.52 Å². The van der Waals surface area contributed by atoms with Gasteiger partial charge in [-0.1, -0.05) is 5.16 Å². The summed E-state index contributed by atoms with van der Waals surface area (Å²) < 4.78 is 14.9. The highest BCUT2D eigenvalue weighted by molar-refractivity contribution is 5.67. The van der Waals surface area contributed by atoms with Crippen LogP contribution < -0.4 is 0 Å². The lowest BCUT2D eigenvalue weighted by atomic mass is 9.98. The topological polar surface area (TPSA) is 77.7 Å². The summed E-state index contributed by atoms with van der Waals surface area (Å²) in [5.74, 6) is 1.18. The molecule has 0 spiro atoms. The average molecular weight is 255 g/mol. The zero-order valence-electron chi connectivity index (χ0n) is 10.6. The van der Waals surface area contributed by atoms with Crippen LogP contribution >= 0.6 is 0 Å². The molecule has 2 rings (SSSR count). The number of likely N-dealkylation sites (tertiary alicyclic amines) is 1. The Labute approximate surface area is 105 Å². The molecule has 0 radical (unpaired) electrons. The van der Waals surface area contributed by atoms with Gasteiger partial charge in [0.05, 0.1) is 13.0 Å². The highest BCUT2D eigenvalue weighted by Crippen LogP contribution is 2.25. The van der Waals surface area contributed by atoms with E-state index in [1.54, 1.807) is 12.0 Å². The monoisotopic (exact) mass is 255 g/mol. The van der Waals surface area contributed by atoms with Gasteiger partial charge in [0.1, 0.15) is 6.61 Å². The Balaban J connectivity index is 2.01. The zero-order valence-corrected chi connectivity index (χ0v) is 10.6. The normalized spacial score (nSPS) is 19.9. The summed E-state index contributed by atoms with van der Waals surface area (Å²) >= 11 is 0. The first-order chi connectivity index (χ1) is 8.74. The fraction of sp³-hybridized carbons (Fsp3) is 0.727. The molecular weight excluding hydrogens is 238 g/mol. The molecule has 0 N–H and O–H groups in total. The number of carbonyl (C=O) groups is 1. The largest absolute Gasteiger partial charge is 0.453 e. The van der Waals surface area contributed by atoms with Crippen molar-refractivity contribution in [2.45, 2.75) is 25.4 Å². The first-order valence-corrected chi connectivity index (χ1v) is 5.89. The van der Waals surface area contributed by atoms with Crippen LogP contribution in [0, 0.1) is 0 Å². The molecule has 1 aliphatic heterocycles. The Morgan fingerprint density at radius 2 is 2.39 bits per heavy atom. The first kappa shape index (κ1) is 12.8. The molecule has 100 valence electrons. The predicted molar refractivity (Wildman–Crippen MR) is 61.0 cm³/mol. The lowest BCUT2D eigenvalue weighted by molar-refractivity contribution is 0.107. The Morgan fingerprint density at radius 1 is 1.56 bits per heavy atom. The van der Waals surface area contributed by atoms with Gasteiger partial charge < -0.3 is 18.9 Å². The minimum Gasteiger partial charge on any atom is -0.453 e. The average Bonchev–Trinajstić information content (AvgIpc) is 2.87. The van der Waals surface area contributed by atoms with Gasteiger partial charge in [-0.15, -0.1) is 0 Å². The number of aromatic nitrogens is 2. The van der Waals surface area contributed by atoms with Crippen molar-refractivity contribution >= 4 is 6.09 Å². The third-order valence-electron chi connectivity index (χ3n) is 2.96. The van der Waals surface area contributed by atoms with Crippen LogP contribution in [-0.4, -0.2) is 48.4 Å². The van der Waals surface area contributed by atoms with Crippen molar-refractivity contribution in [3.8, 4) is 0 Å². The molecule has 0 aromatic carbocycles. The van der Waals surface area contributed by atoms with Gasteiger partial charge in [-0.3, -0.25) is 0 Å². The van der Waals surface area contributed by atoms with E-state index in [1.165, 1.54) is 7.11 Å². The summed E-state index contributed by atoms with van der Waals surface area (Å²) in [4.78, 5) is 17.4. The fourth-order valence-corrected chi connectivity index (χ4v) is 2.09. The molecule has 7 nitrogen and oxygen atoms in total. The van der Waals surface area contributed by atoms with E-state index in [2.05, 4.69) is 10.1 Å². The van der Waals surface area contributed by atoms with Gasteiger partial charge in [0.25, 0.3) is 0 Å². The molecule has 0 aliphatic carbocycles. The van der Waals surface area contributed by atoms with Gasteiger partial charge >= 0.3 is 6.09 Å². The van der Waals surface area contributed by atoms with Crippen LogP contribution in [0.4, 0.5) is 4.79 Å². The van der Waals surface area contributed by atoms with E-state index < -0.39 is 0 Å². The third kappa shape index (κ3) is 2.79. The number of carbonyl (C=O) groups excluding carboxylic acids is 1.